The number of nitrogens with zero attached hydrogens (tertiary/aromatic N) is 1. The molecule has 1 atom stereocenters. The Morgan fingerprint density at radius 2 is 2.17 bits per heavy atom. The van der Waals surface area contributed by atoms with Gasteiger partial charge in [0.25, 0.3) is 5.91 Å². The van der Waals surface area contributed by atoms with Crippen molar-refractivity contribution in [2.24, 2.45) is 0 Å². The lowest BCUT2D eigenvalue weighted by Gasteiger charge is -2.15. The van der Waals surface area contributed by atoms with Crippen molar-refractivity contribution in [3.05, 3.63) is 34.7 Å². The first-order valence-electron chi connectivity index (χ1n) is 8.16. The number of amides is 2. The summed E-state index contributed by atoms with van der Waals surface area (Å²) in [6, 6.07) is 8.12. The van der Waals surface area contributed by atoms with E-state index < -0.39 is 0 Å². The Morgan fingerprint density at radius 3 is 2.88 bits per heavy atom. The van der Waals surface area contributed by atoms with Gasteiger partial charge in [-0.2, -0.15) is 0 Å². The van der Waals surface area contributed by atoms with E-state index in [2.05, 4.69) is 11.4 Å². The topological polar surface area (TPSA) is 58.6 Å². The molecule has 6 heteroatoms. The molecule has 1 aliphatic heterocycles. The number of ether oxygens (including phenoxy) is 1. The van der Waals surface area contributed by atoms with Crippen molar-refractivity contribution in [2.75, 3.05) is 33.4 Å². The Hall–Kier alpha value is -1.92. The van der Waals surface area contributed by atoms with Crippen LogP contribution in [0.4, 0.5) is 0 Å². The quantitative estimate of drug-likeness (QED) is 0.847. The molecule has 1 N–H and O–H groups in total. The third-order valence-corrected chi connectivity index (χ3v) is 5.66. The van der Waals surface area contributed by atoms with Crippen LogP contribution in [0.1, 0.15) is 34.5 Å². The van der Waals surface area contributed by atoms with Crippen LogP contribution in [0.2, 0.25) is 0 Å². The molecule has 0 aliphatic carbocycles. The number of rotatable bonds is 5. The smallest absolute Gasteiger partial charge is 0.261 e. The van der Waals surface area contributed by atoms with Gasteiger partial charge in [-0.25, -0.2) is 0 Å². The largest absolute Gasteiger partial charge is 0.383 e. The molecule has 2 aromatic rings. The Kier molecular flexibility index (Phi) is 5.16. The number of carbonyl (C=O) groups excluding carboxylic acids is 2. The van der Waals surface area contributed by atoms with Crippen molar-refractivity contribution in [3.63, 3.8) is 0 Å². The molecule has 1 fully saturated rings. The normalized spacial score (nSPS) is 17.4. The second-order valence-corrected chi connectivity index (χ2v) is 7.09. The summed E-state index contributed by atoms with van der Waals surface area (Å²) in [4.78, 5) is 26.9. The van der Waals surface area contributed by atoms with E-state index in [0.717, 1.165) is 33.5 Å². The predicted octanol–water partition coefficient (Wildman–Crippen LogP) is 2.61. The summed E-state index contributed by atoms with van der Waals surface area (Å²) in [6.07, 6.45) is 0.901. The van der Waals surface area contributed by atoms with Gasteiger partial charge in [0, 0.05) is 44.3 Å². The summed E-state index contributed by atoms with van der Waals surface area (Å²) in [5, 5.41) is 4.06. The van der Waals surface area contributed by atoms with Gasteiger partial charge in [0.05, 0.1) is 11.5 Å². The summed E-state index contributed by atoms with van der Waals surface area (Å²) in [5.74, 6) is 0.265. The van der Waals surface area contributed by atoms with E-state index in [0.29, 0.717) is 19.7 Å². The number of hydrogen-bond acceptors (Lipinski definition) is 4. The van der Waals surface area contributed by atoms with Crippen LogP contribution < -0.4 is 5.32 Å². The van der Waals surface area contributed by atoms with Crippen molar-refractivity contribution in [1.82, 2.24) is 10.2 Å². The molecule has 1 aromatic heterocycles. The zero-order valence-electron chi connectivity index (χ0n) is 14.0. The van der Waals surface area contributed by atoms with E-state index in [4.69, 9.17) is 4.74 Å². The number of fused-ring (bicyclic) bond motifs is 1. The molecule has 0 unspecified atom stereocenters. The van der Waals surface area contributed by atoms with Crippen LogP contribution >= 0.6 is 11.3 Å². The molecule has 24 heavy (non-hydrogen) atoms. The van der Waals surface area contributed by atoms with E-state index in [9.17, 15) is 9.59 Å². The first-order valence-corrected chi connectivity index (χ1v) is 8.97. The molecule has 1 aromatic carbocycles. The number of benzene rings is 1. The first kappa shape index (κ1) is 16.9. The molecule has 0 radical (unpaired) electrons. The van der Waals surface area contributed by atoms with Crippen LogP contribution in [-0.4, -0.2) is 50.1 Å². The molecule has 1 saturated heterocycles. The highest BCUT2D eigenvalue weighted by Gasteiger charge is 2.31. The van der Waals surface area contributed by atoms with Gasteiger partial charge >= 0.3 is 0 Å². The summed E-state index contributed by atoms with van der Waals surface area (Å²) < 4.78 is 6.12. The fraction of sp³-hybridized carbons (Fsp3) is 0.444. The van der Waals surface area contributed by atoms with Crippen molar-refractivity contribution >= 4 is 33.2 Å². The molecule has 128 valence electrons. The molecule has 5 nitrogen and oxygen atoms in total. The number of likely N-dealkylation sites (tertiary alicyclic amines) is 1. The molecule has 0 saturated carbocycles. The SMILES string of the molecule is COCCNC(=O)c1sc2ccccc2c1[C@H]1CCN(C(C)=O)C1. The van der Waals surface area contributed by atoms with Gasteiger partial charge in [-0.15, -0.1) is 11.3 Å². The lowest BCUT2D eigenvalue weighted by molar-refractivity contribution is -0.127. The number of thiophene rings is 1. The van der Waals surface area contributed by atoms with Crippen LogP contribution in [0, 0.1) is 0 Å². The van der Waals surface area contributed by atoms with Gasteiger partial charge in [-0.05, 0) is 23.4 Å². The van der Waals surface area contributed by atoms with Gasteiger partial charge in [0.2, 0.25) is 5.91 Å². The van der Waals surface area contributed by atoms with Crippen molar-refractivity contribution in [3.8, 4) is 0 Å². The summed E-state index contributed by atoms with van der Waals surface area (Å²) >= 11 is 1.53. The van der Waals surface area contributed by atoms with Gasteiger partial charge in [0.15, 0.2) is 0 Å². The summed E-state index contributed by atoms with van der Waals surface area (Å²) in [7, 11) is 1.62. The van der Waals surface area contributed by atoms with E-state index in [1.165, 1.54) is 11.3 Å². The number of methoxy groups -OCH3 is 1. The maximum Gasteiger partial charge on any atom is 0.261 e. The molecule has 2 heterocycles. The highest BCUT2D eigenvalue weighted by molar-refractivity contribution is 7.21. The minimum atomic E-state index is -0.0514. The molecule has 2 amide bonds. The standard InChI is InChI=1S/C18H22N2O3S/c1-12(21)20-9-7-13(11-20)16-14-5-3-4-6-15(14)24-17(16)18(22)19-8-10-23-2/h3-6,13H,7-11H2,1-2H3,(H,19,22)/t13-/m0/s1. The van der Waals surface area contributed by atoms with Crippen LogP contribution in [0.5, 0.6) is 0 Å². The molecular weight excluding hydrogens is 324 g/mol. The Morgan fingerprint density at radius 1 is 1.38 bits per heavy atom. The van der Waals surface area contributed by atoms with E-state index in [1.54, 1.807) is 14.0 Å². The van der Waals surface area contributed by atoms with Crippen LogP contribution in [-0.2, 0) is 9.53 Å². The van der Waals surface area contributed by atoms with Gasteiger partial charge in [-0.1, -0.05) is 18.2 Å². The third-order valence-electron chi connectivity index (χ3n) is 4.47. The minimum Gasteiger partial charge on any atom is -0.383 e. The monoisotopic (exact) mass is 346 g/mol. The average molecular weight is 346 g/mol. The van der Waals surface area contributed by atoms with Gasteiger partial charge in [-0.3, -0.25) is 9.59 Å². The zero-order chi connectivity index (χ0) is 17.1. The minimum absolute atomic E-state index is 0.0514. The number of hydrogen-bond donors (Lipinski definition) is 1. The molecule has 1 aliphatic rings. The van der Waals surface area contributed by atoms with Crippen LogP contribution in [0.25, 0.3) is 10.1 Å². The van der Waals surface area contributed by atoms with Gasteiger partial charge in [0.1, 0.15) is 0 Å². The second kappa shape index (κ2) is 7.32. The maximum atomic E-state index is 12.6. The number of carbonyl (C=O) groups is 2. The summed E-state index contributed by atoms with van der Waals surface area (Å²) in [6.45, 7) is 4.04. The zero-order valence-corrected chi connectivity index (χ0v) is 14.8. The fourth-order valence-corrected chi connectivity index (χ4v) is 4.47. The van der Waals surface area contributed by atoms with Crippen molar-refractivity contribution < 1.29 is 14.3 Å². The Balaban J connectivity index is 1.94. The number of nitrogens with one attached hydrogen (secondary N) is 1. The van der Waals surface area contributed by atoms with E-state index >= 15 is 0 Å². The lowest BCUT2D eigenvalue weighted by Crippen LogP contribution is -2.28. The summed E-state index contributed by atoms with van der Waals surface area (Å²) in [5.41, 5.74) is 1.09. The van der Waals surface area contributed by atoms with Crippen molar-refractivity contribution in [2.45, 2.75) is 19.3 Å². The molecule has 3 rings (SSSR count). The average Bonchev–Trinajstić information content (AvgIpc) is 3.19. The maximum absolute atomic E-state index is 12.6. The van der Waals surface area contributed by atoms with E-state index in [1.807, 2.05) is 23.1 Å². The molecule has 0 bridgehead atoms. The molecule has 0 spiro atoms. The Labute approximate surface area is 145 Å². The second-order valence-electron chi connectivity index (χ2n) is 6.04. The lowest BCUT2D eigenvalue weighted by atomic mass is 9.95. The third kappa shape index (κ3) is 3.30. The first-order chi connectivity index (χ1) is 11.6. The predicted molar refractivity (Wildman–Crippen MR) is 95.6 cm³/mol. The van der Waals surface area contributed by atoms with Crippen LogP contribution in [0.3, 0.4) is 0 Å². The fourth-order valence-electron chi connectivity index (χ4n) is 3.27. The van der Waals surface area contributed by atoms with Crippen LogP contribution in [0.15, 0.2) is 24.3 Å². The highest BCUT2D eigenvalue weighted by atomic mass is 32.1. The van der Waals surface area contributed by atoms with E-state index in [-0.39, 0.29) is 17.7 Å². The molecular formula is C18H22N2O3S. The Bertz CT molecular complexity index is 756. The highest BCUT2D eigenvalue weighted by Crippen LogP contribution is 2.40. The van der Waals surface area contributed by atoms with Crippen molar-refractivity contribution in [1.29, 1.82) is 0 Å². The van der Waals surface area contributed by atoms with Gasteiger partial charge < -0.3 is 15.0 Å².